The molecule has 1 aliphatic heterocycles. The minimum Gasteiger partial charge on any atom is -0.550 e. The highest BCUT2D eigenvalue weighted by atomic mass is 16.6. The maximum Gasteiger partial charge on any atom is 0.274 e. The SMILES string of the molecule is Nc1c(C(=O)NC(CC(=O)[O-])C(=O)[O-])ncn1[C@@H]1O[C@H](CO)[C@H](O)C1O. The van der Waals surface area contributed by atoms with Crippen LogP contribution in [0.2, 0.25) is 0 Å². The molecule has 0 bridgehead atoms. The molecule has 0 aromatic carbocycles. The first-order valence-electron chi connectivity index (χ1n) is 7.33. The Morgan fingerprint density at radius 1 is 1.35 bits per heavy atom. The smallest absolute Gasteiger partial charge is 0.274 e. The van der Waals surface area contributed by atoms with Gasteiger partial charge in [-0.05, 0) is 0 Å². The molecule has 0 radical (unpaired) electrons. The van der Waals surface area contributed by atoms with Crippen molar-refractivity contribution in [1.82, 2.24) is 14.9 Å². The number of aromatic nitrogens is 2. The van der Waals surface area contributed by atoms with Crippen LogP contribution in [0, 0.1) is 0 Å². The number of carboxylic acids is 2. The van der Waals surface area contributed by atoms with Gasteiger partial charge in [-0.25, -0.2) is 4.98 Å². The zero-order valence-corrected chi connectivity index (χ0v) is 13.1. The highest BCUT2D eigenvalue weighted by Gasteiger charge is 2.44. The number of anilines is 1. The molecule has 2 heterocycles. The summed E-state index contributed by atoms with van der Waals surface area (Å²) in [6.07, 6.45) is -5.25. The molecule has 1 aromatic rings. The van der Waals surface area contributed by atoms with Crippen LogP contribution in [0.5, 0.6) is 0 Å². The Bertz CT molecular complexity index is 706. The third-order valence-corrected chi connectivity index (χ3v) is 3.80. The molecule has 1 amide bonds. The van der Waals surface area contributed by atoms with Crippen LogP contribution in [-0.4, -0.2) is 73.7 Å². The molecule has 0 saturated carbocycles. The van der Waals surface area contributed by atoms with Crippen LogP contribution in [0.25, 0.3) is 0 Å². The number of nitrogens with zero attached hydrogens (tertiary/aromatic N) is 2. The number of nitrogen functional groups attached to an aromatic ring is 1. The number of carboxylic acid groups (broad SMARTS) is 2. The van der Waals surface area contributed by atoms with Crippen LogP contribution in [0.4, 0.5) is 5.82 Å². The number of aliphatic carboxylic acids is 2. The largest absolute Gasteiger partial charge is 0.550 e. The van der Waals surface area contributed by atoms with E-state index in [0.717, 1.165) is 10.9 Å². The molecule has 2 unspecified atom stereocenters. The number of amides is 1. The number of nitrogens with one attached hydrogen (secondary N) is 1. The lowest BCUT2D eigenvalue weighted by molar-refractivity contribution is -0.317. The van der Waals surface area contributed by atoms with Gasteiger partial charge >= 0.3 is 0 Å². The highest BCUT2D eigenvalue weighted by Crippen LogP contribution is 2.31. The van der Waals surface area contributed by atoms with E-state index in [9.17, 15) is 34.8 Å². The summed E-state index contributed by atoms with van der Waals surface area (Å²) in [6.45, 7) is -0.576. The van der Waals surface area contributed by atoms with E-state index in [0.29, 0.717) is 0 Å². The summed E-state index contributed by atoms with van der Waals surface area (Å²) in [5, 5.41) is 52.0. The van der Waals surface area contributed by atoms with Gasteiger partial charge in [0.15, 0.2) is 11.9 Å². The molecule has 2 rings (SSSR count). The van der Waals surface area contributed by atoms with Gasteiger partial charge < -0.3 is 50.9 Å². The minimum atomic E-state index is -1.87. The second kappa shape index (κ2) is 7.65. The van der Waals surface area contributed by atoms with E-state index in [-0.39, 0.29) is 5.82 Å². The number of nitrogens with two attached hydrogens (primary N) is 1. The first kappa shape index (κ1) is 19.6. The van der Waals surface area contributed by atoms with Crippen LogP contribution < -0.4 is 21.3 Å². The zero-order valence-electron chi connectivity index (χ0n) is 13.1. The van der Waals surface area contributed by atoms with Crippen molar-refractivity contribution in [3.63, 3.8) is 0 Å². The fourth-order valence-corrected chi connectivity index (χ4v) is 2.44. The quantitative estimate of drug-likeness (QED) is 0.303. The van der Waals surface area contributed by atoms with Gasteiger partial charge in [0.1, 0.15) is 24.1 Å². The van der Waals surface area contributed by atoms with Gasteiger partial charge in [-0.2, -0.15) is 0 Å². The summed E-state index contributed by atoms with van der Waals surface area (Å²) in [6, 6.07) is -1.87. The van der Waals surface area contributed by atoms with E-state index in [1.807, 2.05) is 5.32 Å². The van der Waals surface area contributed by atoms with Crippen molar-refractivity contribution in [2.24, 2.45) is 0 Å². The second-order valence-electron chi connectivity index (χ2n) is 5.54. The van der Waals surface area contributed by atoms with Crippen molar-refractivity contribution >= 4 is 23.7 Å². The monoisotopic (exact) mass is 372 g/mol. The number of ether oxygens (including phenoxy) is 1. The van der Waals surface area contributed by atoms with Gasteiger partial charge in [0.05, 0.1) is 24.9 Å². The summed E-state index contributed by atoms with van der Waals surface area (Å²) in [4.78, 5) is 37.2. The predicted molar refractivity (Wildman–Crippen MR) is 75.5 cm³/mol. The standard InChI is InChI=1S/C13H18N4O9/c14-10-7(11(23)16-4(13(24)25)1-6(19)20)15-3-17(10)12-9(22)8(21)5(2-18)26-12/h3-5,8-9,12,18,21-22H,1-2,14H2,(H,16,23)(H,19,20)(H,24,25)/p-2/t4?,5-,8+,9?,12-/m1/s1. The summed E-state index contributed by atoms with van der Waals surface area (Å²) in [5.74, 6) is -5.01. The first-order chi connectivity index (χ1) is 12.2. The lowest BCUT2D eigenvalue weighted by Gasteiger charge is -2.20. The molecule has 13 nitrogen and oxygen atoms in total. The Balaban J connectivity index is 2.19. The van der Waals surface area contributed by atoms with Gasteiger partial charge in [0.2, 0.25) is 0 Å². The Morgan fingerprint density at radius 2 is 2.00 bits per heavy atom. The summed E-state index contributed by atoms with van der Waals surface area (Å²) < 4.78 is 6.24. The number of carbonyl (C=O) groups is 3. The van der Waals surface area contributed by atoms with Crippen molar-refractivity contribution in [3.05, 3.63) is 12.0 Å². The minimum absolute atomic E-state index is 0.345. The molecule has 0 spiro atoms. The normalized spacial score (nSPS) is 26.4. The Morgan fingerprint density at radius 3 is 2.50 bits per heavy atom. The molecule has 0 aliphatic carbocycles. The van der Waals surface area contributed by atoms with E-state index in [1.165, 1.54) is 0 Å². The highest BCUT2D eigenvalue weighted by molar-refractivity contribution is 5.99. The molecule has 1 aliphatic rings. The topological polar surface area (TPSA) is 223 Å². The van der Waals surface area contributed by atoms with Crippen LogP contribution in [-0.2, 0) is 14.3 Å². The molecule has 13 heteroatoms. The van der Waals surface area contributed by atoms with E-state index < -0.39 is 67.1 Å². The molecular formula is C13H16N4O9-2. The molecule has 5 atom stereocenters. The summed E-state index contributed by atoms with van der Waals surface area (Å²) in [7, 11) is 0. The van der Waals surface area contributed by atoms with Crippen LogP contribution in [0.15, 0.2) is 6.33 Å². The fourth-order valence-electron chi connectivity index (χ4n) is 2.44. The lowest BCUT2D eigenvalue weighted by atomic mass is 10.1. The molecule has 1 fully saturated rings. The molecule has 144 valence electrons. The van der Waals surface area contributed by atoms with Crippen molar-refractivity contribution < 1.29 is 44.7 Å². The van der Waals surface area contributed by atoms with Gasteiger partial charge in [-0.3, -0.25) is 9.36 Å². The molecule has 6 N–H and O–H groups in total. The van der Waals surface area contributed by atoms with E-state index >= 15 is 0 Å². The number of aliphatic hydroxyl groups excluding tert-OH is 3. The van der Waals surface area contributed by atoms with E-state index in [2.05, 4.69) is 4.98 Å². The van der Waals surface area contributed by atoms with Gasteiger partial charge in [0.25, 0.3) is 5.91 Å². The zero-order chi connectivity index (χ0) is 19.6. The number of rotatable bonds is 7. The third kappa shape index (κ3) is 3.75. The average Bonchev–Trinajstić information content (AvgIpc) is 3.07. The second-order valence-corrected chi connectivity index (χ2v) is 5.54. The number of hydrogen-bond acceptors (Lipinski definition) is 11. The Hall–Kier alpha value is -2.74. The summed E-state index contributed by atoms with van der Waals surface area (Å²) >= 11 is 0. The van der Waals surface area contributed by atoms with Crippen molar-refractivity contribution in [2.45, 2.75) is 37.0 Å². The maximum absolute atomic E-state index is 12.1. The van der Waals surface area contributed by atoms with E-state index in [4.69, 9.17) is 15.6 Å². The average molecular weight is 372 g/mol. The van der Waals surface area contributed by atoms with Crippen LogP contribution >= 0.6 is 0 Å². The van der Waals surface area contributed by atoms with Gasteiger partial charge in [-0.15, -0.1) is 0 Å². The number of aliphatic hydroxyl groups is 3. The van der Waals surface area contributed by atoms with Crippen molar-refractivity contribution in [3.8, 4) is 0 Å². The van der Waals surface area contributed by atoms with Gasteiger partial charge in [0, 0.05) is 12.4 Å². The predicted octanol–water partition coefficient (Wildman–Crippen LogP) is -5.93. The lowest BCUT2D eigenvalue weighted by Crippen LogP contribution is -2.50. The third-order valence-electron chi connectivity index (χ3n) is 3.80. The number of imidazole rings is 1. The molecule has 1 aromatic heterocycles. The van der Waals surface area contributed by atoms with E-state index in [1.54, 1.807) is 0 Å². The number of hydrogen-bond donors (Lipinski definition) is 5. The van der Waals surface area contributed by atoms with Crippen LogP contribution in [0.3, 0.4) is 0 Å². The molecule has 26 heavy (non-hydrogen) atoms. The maximum atomic E-state index is 12.1. The van der Waals surface area contributed by atoms with Crippen molar-refractivity contribution in [2.75, 3.05) is 12.3 Å². The summed E-state index contributed by atoms with van der Waals surface area (Å²) in [5.41, 5.74) is 5.28. The van der Waals surface area contributed by atoms with Gasteiger partial charge in [-0.1, -0.05) is 0 Å². The molecule has 1 saturated heterocycles. The fraction of sp³-hybridized carbons (Fsp3) is 0.538. The Labute approximate surface area is 145 Å². The Kier molecular flexibility index (Phi) is 5.76. The van der Waals surface area contributed by atoms with Crippen molar-refractivity contribution in [1.29, 1.82) is 0 Å². The first-order valence-corrected chi connectivity index (χ1v) is 7.33. The number of carbonyl (C=O) groups excluding carboxylic acids is 3. The molecular weight excluding hydrogens is 356 g/mol. The van der Waals surface area contributed by atoms with Crippen LogP contribution in [0.1, 0.15) is 23.1 Å².